The predicted octanol–water partition coefficient (Wildman–Crippen LogP) is 5.90. The van der Waals surface area contributed by atoms with Crippen molar-refractivity contribution in [3.05, 3.63) is 65.6 Å². The van der Waals surface area contributed by atoms with E-state index in [1.807, 2.05) is 53.9 Å². The van der Waals surface area contributed by atoms with E-state index in [1.54, 1.807) is 13.2 Å². The largest absolute Gasteiger partial charge is 0.497 e. The van der Waals surface area contributed by atoms with Gasteiger partial charge in [0.25, 0.3) is 0 Å². The summed E-state index contributed by atoms with van der Waals surface area (Å²) in [5.74, 6) is 2.03. The van der Waals surface area contributed by atoms with Crippen LogP contribution in [0.1, 0.15) is 25.8 Å². The van der Waals surface area contributed by atoms with Crippen LogP contribution in [0.3, 0.4) is 0 Å². The number of carbonyl (C=O) groups is 1. The van der Waals surface area contributed by atoms with E-state index >= 15 is 0 Å². The van der Waals surface area contributed by atoms with E-state index in [9.17, 15) is 4.79 Å². The van der Waals surface area contributed by atoms with Crippen LogP contribution in [0.2, 0.25) is 0 Å². The van der Waals surface area contributed by atoms with Crippen LogP contribution in [0.5, 0.6) is 11.5 Å². The van der Waals surface area contributed by atoms with Crippen molar-refractivity contribution in [1.29, 1.82) is 0 Å². The first kappa shape index (κ1) is 21.6. The number of carbonyl (C=O) groups excluding carboxylic acids is 1. The standard InChI is InChI=1S/C24H26N2O3S/c1-17(2)14-15-29-21-9-4-18(5-10-21)6-13-23(27)26-24-25-22(16-30-24)19-7-11-20(28-3)12-8-19/h4-13,16-17H,14-15H2,1-3H3,(H,25,26,27)/b13-6+. The maximum Gasteiger partial charge on any atom is 0.250 e. The zero-order valence-corrected chi connectivity index (χ0v) is 18.2. The van der Waals surface area contributed by atoms with Gasteiger partial charge in [-0.2, -0.15) is 0 Å². The third-order valence-corrected chi connectivity index (χ3v) is 5.15. The van der Waals surface area contributed by atoms with Gasteiger partial charge in [0, 0.05) is 17.0 Å². The molecule has 2 aromatic carbocycles. The van der Waals surface area contributed by atoms with Gasteiger partial charge >= 0.3 is 0 Å². The number of aromatic nitrogens is 1. The van der Waals surface area contributed by atoms with Crippen molar-refractivity contribution in [2.75, 3.05) is 19.0 Å². The van der Waals surface area contributed by atoms with Gasteiger partial charge in [-0.1, -0.05) is 26.0 Å². The Hall–Kier alpha value is -3.12. The minimum Gasteiger partial charge on any atom is -0.497 e. The number of ether oxygens (including phenoxy) is 2. The molecule has 0 aliphatic carbocycles. The second kappa shape index (κ2) is 10.6. The van der Waals surface area contributed by atoms with Gasteiger partial charge in [-0.05, 0) is 60.4 Å². The van der Waals surface area contributed by atoms with E-state index in [0.29, 0.717) is 17.7 Å². The first-order valence-corrected chi connectivity index (χ1v) is 10.7. The first-order valence-electron chi connectivity index (χ1n) is 9.85. The monoisotopic (exact) mass is 422 g/mol. The number of rotatable bonds is 9. The molecule has 156 valence electrons. The Bertz CT molecular complexity index is 976. The van der Waals surface area contributed by atoms with E-state index in [0.717, 1.165) is 34.7 Å². The quantitative estimate of drug-likeness (QED) is 0.437. The number of nitrogens with zero attached hydrogens (tertiary/aromatic N) is 1. The lowest BCUT2D eigenvalue weighted by Gasteiger charge is -2.08. The van der Waals surface area contributed by atoms with Crippen molar-refractivity contribution in [2.45, 2.75) is 20.3 Å². The molecule has 0 radical (unpaired) electrons. The van der Waals surface area contributed by atoms with Crippen molar-refractivity contribution in [3.8, 4) is 22.8 Å². The molecule has 0 atom stereocenters. The van der Waals surface area contributed by atoms with E-state index in [-0.39, 0.29) is 5.91 Å². The zero-order chi connectivity index (χ0) is 21.3. The lowest BCUT2D eigenvalue weighted by atomic mass is 10.1. The van der Waals surface area contributed by atoms with Crippen molar-refractivity contribution < 1.29 is 14.3 Å². The van der Waals surface area contributed by atoms with Crippen LogP contribution in [0.4, 0.5) is 5.13 Å². The molecule has 0 aliphatic rings. The van der Waals surface area contributed by atoms with Crippen molar-refractivity contribution in [1.82, 2.24) is 4.98 Å². The average Bonchev–Trinajstić information content (AvgIpc) is 3.21. The second-order valence-corrected chi connectivity index (χ2v) is 8.05. The van der Waals surface area contributed by atoms with E-state index in [2.05, 4.69) is 24.1 Å². The molecule has 1 aromatic heterocycles. The summed E-state index contributed by atoms with van der Waals surface area (Å²) in [6.45, 7) is 5.06. The number of nitrogens with one attached hydrogen (secondary N) is 1. The molecular formula is C24H26N2O3S. The zero-order valence-electron chi connectivity index (χ0n) is 17.4. The van der Waals surface area contributed by atoms with Gasteiger partial charge < -0.3 is 9.47 Å². The summed E-state index contributed by atoms with van der Waals surface area (Å²) in [7, 11) is 1.63. The summed E-state index contributed by atoms with van der Waals surface area (Å²) in [6.07, 6.45) is 4.30. The molecule has 3 rings (SSSR count). The molecule has 0 unspecified atom stereocenters. The highest BCUT2D eigenvalue weighted by molar-refractivity contribution is 7.14. The molecule has 0 saturated carbocycles. The van der Waals surface area contributed by atoms with E-state index in [1.165, 1.54) is 17.4 Å². The Morgan fingerprint density at radius 3 is 2.47 bits per heavy atom. The minimum atomic E-state index is -0.220. The normalized spacial score (nSPS) is 11.1. The second-order valence-electron chi connectivity index (χ2n) is 7.19. The highest BCUT2D eigenvalue weighted by Crippen LogP contribution is 2.26. The van der Waals surface area contributed by atoms with E-state index in [4.69, 9.17) is 9.47 Å². The first-order chi connectivity index (χ1) is 14.5. The van der Waals surface area contributed by atoms with Gasteiger partial charge in [0.1, 0.15) is 11.5 Å². The molecule has 1 amide bonds. The van der Waals surface area contributed by atoms with Gasteiger partial charge in [0.15, 0.2) is 5.13 Å². The van der Waals surface area contributed by atoms with Gasteiger partial charge in [-0.3, -0.25) is 10.1 Å². The number of amides is 1. The third kappa shape index (κ3) is 6.46. The molecule has 6 heteroatoms. The summed E-state index contributed by atoms with van der Waals surface area (Å²) in [6, 6.07) is 15.3. The highest BCUT2D eigenvalue weighted by atomic mass is 32.1. The van der Waals surface area contributed by atoms with Crippen molar-refractivity contribution in [3.63, 3.8) is 0 Å². The van der Waals surface area contributed by atoms with Gasteiger partial charge in [0.05, 0.1) is 19.4 Å². The molecule has 0 saturated heterocycles. The van der Waals surface area contributed by atoms with E-state index < -0.39 is 0 Å². The fourth-order valence-corrected chi connectivity index (χ4v) is 3.35. The summed E-state index contributed by atoms with van der Waals surface area (Å²) in [5.41, 5.74) is 2.72. The Morgan fingerprint density at radius 1 is 1.10 bits per heavy atom. The SMILES string of the molecule is COc1ccc(-c2csc(NC(=O)/C=C/c3ccc(OCCC(C)C)cc3)n2)cc1. The number of anilines is 1. The van der Waals surface area contributed by atoms with Crippen LogP contribution in [0.15, 0.2) is 60.0 Å². The number of methoxy groups -OCH3 is 1. The van der Waals surface area contributed by atoms with Crippen LogP contribution in [0, 0.1) is 5.92 Å². The predicted molar refractivity (Wildman–Crippen MR) is 123 cm³/mol. The smallest absolute Gasteiger partial charge is 0.250 e. The fraction of sp³-hybridized carbons (Fsp3) is 0.250. The Kier molecular flexibility index (Phi) is 7.63. The molecule has 30 heavy (non-hydrogen) atoms. The maximum absolute atomic E-state index is 12.2. The topological polar surface area (TPSA) is 60.5 Å². The summed E-state index contributed by atoms with van der Waals surface area (Å²) in [5, 5.41) is 5.28. The molecule has 0 fully saturated rings. The summed E-state index contributed by atoms with van der Waals surface area (Å²) < 4.78 is 10.9. The molecule has 5 nitrogen and oxygen atoms in total. The van der Waals surface area contributed by atoms with Crippen molar-refractivity contribution in [2.24, 2.45) is 5.92 Å². The number of hydrogen-bond donors (Lipinski definition) is 1. The molecule has 0 bridgehead atoms. The summed E-state index contributed by atoms with van der Waals surface area (Å²) in [4.78, 5) is 16.7. The Morgan fingerprint density at radius 2 is 1.80 bits per heavy atom. The number of benzene rings is 2. The molecule has 0 spiro atoms. The average molecular weight is 423 g/mol. The fourth-order valence-electron chi connectivity index (χ4n) is 2.63. The van der Waals surface area contributed by atoms with Crippen LogP contribution in [-0.4, -0.2) is 24.6 Å². The molecular weight excluding hydrogens is 396 g/mol. The van der Waals surface area contributed by atoms with Crippen LogP contribution >= 0.6 is 11.3 Å². The van der Waals surface area contributed by atoms with Gasteiger partial charge in [-0.15, -0.1) is 11.3 Å². The molecule has 1 N–H and O–H groups in total. The van der Waals surface area contributed by atoms with Crippen LogP contribution in [0.25, 0.3) is 17.3 Å². The lowest BCUT2D eigenvalue weighted by molar-refractivity contribution is -0.111. The molecule has 1 heterocycles. The van der Waals surface area contributed by atoms with Crippen LogP contribution in [-0.2, 0) is 4.79 Å². The number of hydrogen-bond acceptors (Lipinski definition) is 5. The maximum atomic E-state index is 12.2. The number of thiazole rings is 1. The van der Waals surface area contributed by atoms with Gasteiger partial charge in [-0.25, -0.2) is 4.98 Å². The van der Waals surface area contributed by atoms with Crippen LogP contribution < -0.4 is 14.8 Å². The third-order valence-electron chi connectivity index (χ3n) is 4.39. The highest BCUT2D eigenvalue weighted by Gasteiger charge is 2.07. The Balaban J connectivity index is 1.52. The minimum absolute atomic E-state index is 0.220. The molecule has 0 aliphatic heterocycles. The molecule has 3 aromatic rings. The Labute approximate surface area is 181 Å². The lowest BCUT2D eigenvalue weighted by Crippen LogP contribution is -2.07. The summed E-state index contributed by atoms with van der Waals surface area (Å²) >= 11 is 1.39. The van der Waals surface area contributed by atoms with Crippen molar-refractivity contribution >= 4 is 28.5 Å². The van der Waals surface area contributed by atoms with Gasteiger partial charge in [0.2, 0.25) is 5.91 Å².